The number of amides is 1. The summed E-state index contributed by atoms with van der Waals surface area (Å²) in [4.78, 5) is 23.9. The predicted molar refractivity (Wildman–Crippen MR) is 95.5 cm³/mol. The number of aryl methyl sites for hydroxylation is 1. The molecule has 0 saturated heterocycles. The number of fused-ring (bicyclic) bond motifs is 1. The van der Waals surface area contributed by atoms with Gasteiger partial charge in [-0.2, -0.15) is 0 Å². The lowest BCUT2D eigenvalue weighted by molar-refractivity contribution is -0.121. The maximum absolute atomic E-state index is 12.0. The molecule has 1 heterocycles. The number of rotatable bonds is 7. The minimum absolute atomic E-state index is 0.0857. The van der Waals surface area contributed by atoms with Gasteiger partial charge in [-0.25, -0.2) is 4.79 Å². The van der Waals surface area contributed by atoms with Gasteiger partial charge < -0.3 is 14.5 Å². The lowest BCUT2D eigenvalue weighted by Crippen LogP contribution is -2.32. The highest BCUT2D eigenvalue weighted by atomic mass is 16.5. The Balaban J connectivity index is 1.41. The van der Waals surface area contributed by atoms with Crippen LogP contribution in [0, 0.1) is 5.92 Å². The number of ether oxygens (including phenoxy) is 1. The molecule has 1 aliphatic rings. The van der Waals surface area contributed by atoms with Gasteiger partial charge in [0.05, 0.1) is 18.2 Å². The second-order valence-electron chi connectivity index (χ2n) is 6.76. The molecule has 0 bridgehead atoms. The third-order valence-corrected chi connectivity index (χ3v) is 4.93. The standard InChI is InChI=1S/C19H26N2O4/c1-14-6-2-4-8-16(14)24-13-11-20-18(22)10-12-21-15-7-3-5-9-17(15)25-19(21)23/h3,5,7,9,14,16H,2,4,6,8,10-13H2,1H3,(H,20,22). The molecule has 0 radical (unpaired) electrons. The maximum atomic E-state index is 12.0. The number of hydrogen-bond donors (Lipinski definition) is 1. The largest absolute Gasteiger partial charge is 0.419 e. The molecule has 6 nitrogen and oxygen atoms in total. The van der Waals surface area contributed by atoms with E-state index in [1.54, 1.807) is 6.07 Å². The Kier molecular flexibility index (Phi) is 5.91. The number of oxazole rings is 1. The molecule has 1 amide bonds. The van der Waals surface area contributed by atoms with E-state index in [1.807, 2.05) is 18.2 Å². The van der Waals surface area contributed by atoms with Crippen molar-refractivity contribution in [1.29, 1.82) is 0 Å². The summed E-state index contributed by atoms with van der Waals surface area (Å²) in [6, 6.07) is 7.22. The van der Waals surface area contributed by atoms with Crippen LogP contribution in [-0.2, 0) is 16.1 Å². The second kappa shape index (κ2) is 8.34. The molecule has 136 valence electrons. The van der Waals surface area contributed by atoms with Gasteiger partial charge in [-0.05, 0) is 30.9 Å². The van der Waals surface area contributed by atoms with Crippen molar-refractivity contribution in [2.75, 3.05) is 13.2 Å². The van der Waals surface area contributed by atoms with Crippen molar-refractivity contribution in [2.45, 2.75) is 51.7 Å². The summed E-state index contributed by atoms with van der Waals surface area (Å²) in [5, 5.41) is 2.86. The smallest absolute Gasteiger partial charge is 0.408 e. The molecule has 0 aliphatic heterocycles. The van der Waals surface area contributed by atoms with Crippen molar-refractivity contribution in [3.63, 3.8) is 0 Å². The molecule has 3 rings (SSSR count). The summed E-state index contributed by atoms with van der Waals surface area (Å²) in [5.41, 5.74) is 1.26. The quantitative estimate of drug-likeness (QED) is 0.782. The van der Waals surface area contributed by atoms with Crippen LogP contribution in [0.1, 0.15) is 39.0 Å². The zero-order valence-electron chi connectivity index (χ0n) is 14.7. The maximum Gasteiger partial charge on any atom is 0.419 e. The van der Waals surface area contributed by atoms with Crippen LogP contribution in [0.5, 0.6) is 0 Å². The minimum atomic E-state index is -0.427. The number of carbonyl (C=O) groups is 1. The molecule has 1 aromatic carbocycles. The van der Waals surface area contributed by atoms with Crippen molar-refractivity contribution in [3.05, 3.63) is 34.8 Å². The summed E-state index contributed by atoms with van der Waals surface area (Å²) >= 11 is 0. The fraction of sp³-hybridized carbons (Fsp3) is 0.579. The summed E-state index contributed by atoms with van der Waals surface area (Å²) < 4.78 is 12.5. The number of aromatic nitrogens is 1. The fourth-order valence-electron chi connectivity index (χ4n) is 3.46. The van der Waals surface area contributed by atoms with E-state index in [4.69, 9.17) is 9.15 Å². The molecule has 25 heavy (non-hydrogen) atoms. The van der Waals surface area contributed by atoms with E-state index in [2.05, 4.69) is 12.2 Å². The van der Waals surface area contributed by atoms with Gasteiger partial charge in [-0.3, -0.25) is 9.36 Å². The number of para-hydroxylation sites is 2. The van der Waals surface area contributed by atoms with E-state index in [1.165, 1.54) is 23.8 Å². The first-order valence-electron chi connectivity index (χ1n) is 9.12. The zero-order chi connectivity index (χ0) is 17.6. The van der Waals surface area contributed by atoms with Gasteiger partial charge in [-0.1, -0.05) is 31.9 Å². The third kappa shape index (κ3) is 4.51. The monoisotopic (exact) mass is 346 g/mol. The number of hydrogen-bond acceptors (Lipinski definition) is 4. The van der Waals surface area contributed by atoms with Crippen molar-refractivity contribution in [1.82, 2.24) is 9.88 Å². The van der Waals surface area contributed by atoms with Crippen LogP contribution in [0.3, 0.4) is 0 Å². The van der Waals surface area contributed by atoms with E-state index in [-0.39, 0.29) is 12.3 Å². The van der Waals surface area contributed by atoms with Crippen molar-refractivity contribution in [2.24, 2.45) is 5.92 Å². The van der Waals surface area contributed by atoms with Gasteiger partial charge >= 0.3 is 5.76 Å². The normalized spacial score (nSPS) is 20.7. The SMILES string of the molecule is CC1CCCCC1OCCNC(=O)CCn1c(=O)oc2ccccc21. The van der Waals surface area contributed by atoms with E-state index in [0.29, 0.717) is 37.3 Å². The first kappa shape index (κ1) is 17.7. The van der Waals surface area contributed by atoms with Gasteiger partial charge in [0.1, 0.15) is 0 Å². The molecule has 2 aromatic rings. The number of carbonyl (C=O) groups excluding carboxylic acids is 1. The Hall–Kier alpha value is -2.08. The van der Waals surface area contributed by atoms with Crippen molar-refractivity contribution >= 4 is 17.0 Å². The van der Waals surface area contributed by atoms with E-state index in [0.717, 1.165) is 11.9 Å². The topological polar surface area (TPSA) is 73.5 Å². The number of nitrogens with zero attached hydrogens (tertiary/aromatic N) is 1. The van der Waals surface area contributed by atoms with Gasteiger partial charge in [0.2, 0.25) is 5.91 Å². The van der Waals surface area contributed by atoms with Gasteiger partial charge in [0.25, 0.3) is 0 Å². The molecule has 2 atom stereocenters. The average Bonchev–Trinajstić information content (AvgIpc) is 2.93. The Morgan fingerprint density at radius 3 is 2.96 bits per heavy atom. The molecular formula is C19H26N2O4. The third-order valence-electron chi connectivity index (χ3n) is 4.93. The lowest BCUT2D eigenvalue weighted by Gasteiger charge is -2.28. The van der Waals surface area contributed by atoms with Gasteiger partial charge in [0, 0.05) is 19.5 Å². The van der Waals surface area contributed by atoms with Crippen molar-refractivity contribution < 1.29 is 13.9 Å². The molecule has 1 aliphatic carbocycles. The molecule has 1 fully saturated rings. The molecule has 2 unspecified atom stereocenters. The fourth-order valence-corrected chi connectivity index (χ4v) is 3.46. The molecule has 1 aromatic heterocycles. The zero-order valence-corrected chi connectivity index (χ0v) is 14.7. The highest BCUT2D eigenvalue weighted by Gasteiger charge is 2.21. The van der Waals surface area contributed by atoms with Crippen LogP contribution in [0.25, 0.3) is 11.1 Å². The Morgan fingerprint density at radius 1 is 1.32 bits per heavy atom. The van der Waals surface area contributed by atoms with Crippen LogP contribution < -0.4 is 11.1 Å². The molecular weight excluding hydrogens is 320 g/mol. The minimum Gasteiger partial charge on any atom is -0.408 e. The number of benzene rings is 1. The van der Waals surface area contributed by atoms with Crippen LogP contribution >= 0.6 is 0 Å². The molecule has 1 N–H and O–H groups in total. The van der Waals surface area contributed by atoms with Gasteiger partial charge in [0.15, 0.2) is 5.58 Å². The Bertz CT molecular complexity index is 764. The van der Waals surface area contributed by atoms with Gasteiger partial charge in [-0.15, -0.1) is 0 Å². The lowest BCUT2D eigenvalue weighted by atomic mass is 9.88. The number of nitrogens with one attached hydrogen (secondary N) is 1. The summed E-state index contributed by atoms with van der Waals surface area (Å²) in [6.07, 6.45) is 5.43. The first-order valence-corrected chi connectivity index (χ1v) is 9.12. The van der Waals surface area contributed by atoms with Crippen LogP contribution in [0.2, 0.25) is 0 Å². The molecule has 1 saturated carbocycles. The van der Waals surface area contributed by atoms with E-state index < -0.39 is 5.76 Å². The Labute approximate surface area is 147 Å². The van der Waals surface area contributed by atoms with Crippen LogP contribution in [0.15, 0.2) is 33.5 Å². The summed E-state index contributed by atoms with van der Waals surface area (Å²) in [5.74, 6) is 0.0896. The highest BCUT2D eigenvalue weighted by molar-refractivity contribution is 5.76. The molecule has 6 heteroatoms. The summed E-state index contributed by atoms with van der Waals surface area (Å²) in [7, 11) is 0. The van der Waals surface area contributed by atoms with Crippen LogP contribution in [0.4, 0.5) is 0 Å². The average molecular weight is 346 g/mol. The second-order valence-corrected chi connectivity index (χ2v) is 6.76. The predicted octanol–water partition coefficient (Wildman–Crippen LogP) is 2.70. The Morgan fingerprint density at radius 2 is 2.12 bits per heavy atom. The highest BCUT2D eigenvalue weighted by Crippen LogP contribution is 2.25. The van der Waals surface area contributed by atoms with E-state index >= 15 is 0 Å². The van der Waals surface area contributed by atoms with Crippen molar-refractivity contribution in [3.8, 4) is 0 Å². The molecule has 0 spiro atoms. The van der Waals surface area contributed by atoms with E-state index in [9.17, 15) is 9.59 Å². The summed E-state index contributed by atoms with van der Waals surface area (Å²) in [6.45, 7) is 3.58. The van der Waals surface area contributed by atoms with Crippen LogP contribution in [-0.4, -0.2) is 29.7 Å². The first-order chi connectivity index (χ1) is 12.1.